The first kappa shape index (κ1) is 10.5. The van der Waals surface area contributed by atoms with E-state index >= 15 is 0 Å². The number of quaternary nitrogens is 1. The Labute approximate surface area is 80.1 Å². The molecule has 0 aliphatic rings. The highest BCUT2D eigenvalue weighted by Gasteiger charge is 2.11. The van der Waals surface area contributed by atoms with Gasteiger partial charge in [-0.25, -0.2) is 4.39 Å². The molecule has 4 nitrogen and oxygen atoms in total. The molecule has 14 heavy (non-hydrogen) atoms. The standard InChI is InChI=1S/C9H10FNO3/c10-6-1-3-7(4-2-6)14-8(5-11)9(12)13/h1-4,8H,5,11H2,(H,12,13)/t8-/m1/s1. The summed E-state index contributed by atoms with van der Waals surface area (Å²) in [4.78, 5) is 10.5. The Morgan fingerprint density at radius 3 is 2.50 bits per heavy atom. The average Bonchev–Trinajstić information content (AvgIpc) is 2.16. The van der Waals surface area contributed by atoms with Crippen molar-refractivity contribution in [3.05, 3.63) is 30.1 Å². The van der Waals surface area contributed by atoms with Gasteiger partial charge in [0.2, 0.25) is 0 Å². The molecule has 0 unspecified atom stereocenters. The van der Waals surface area contributed by atoms with Crippen molar-refractivity contribution >= 4 is 5.97 Å². The van der Waals surface area contributed by atoms with E-state index in [9.17, 15) is 14.3 Å². The number of aliphatic carboxylic acids is 1. The molecule has 1 aromatic rings. The third-order valence-corrected chi connectivity index (χ3v) is 1.62. The second-order valence-electron chi connectivity index (χ2n) is 2.67. The van der Waals surface area contributed by atoms with Crippen molar-refractivity contribution in [2.24, 2.45) is 0 Å². The van der Waals surface area contributed by atoms with E-state index in [1.165, 1.54) is 24.3 Å². The van der Waals surface area contributed by atoms with Crippen LogP contribution in [-0.2, 0) is 4.79 Å². The number of rotatable bonds is 4. The zero-order valence-corrected chi connectivity index (χ0v) is 7.40. The highest BCUT2D eigenvalue weighted by molar-refractivity contribution is 5.70. The Morgan fingerprint density at radius 2 is 2.07 bits per heavy atom. The molecule has 5 heteroatoms. The second kappa shape index (κ2) is 4.57. The lowest BCUT2D eigenvalue weighted by Crippen LogP contribution is -2.61. The predicted octanol–water partition coefficient (Wildman–Crippen LogP) is -1.44. The fraction of sp³-hybridized carbons (Fsp3) is 0.222. The lowest BCUT2D eigenvalue weighted by Gasteiger charge is -2.16. The number of carbonyl (C=O) groups excluding carboxylic acids is 1. The summed E-state index contributed by atoms with van der Waals surface area (Å²) < 4.78 is 17.5. The number of carboxylic acids is 1. The molecule has 1 rings (SSSR count). The van der Waals surface area contributed by atoms with Crippen molar-refractivity contribution < 1.29 is 24.8 Å². The Kier molecular flexibility index (Phi) is 3.41. The molecule has 0 aliphatic carbocycles. The first-order valence-electron chi connectivity index (χ1n) is 4.06. The number of carbonyl (C=O) groups is 1. The van der Waals surface area contributed by atoms with Gasteiger partial charge in [-0.2, -0.15) is 0 Å². The first-order chi connectivity index (χ1) is 6.63. The zero-order chi connectivity index (χ0) is 10.6. The van der Waals surface area contributed by atoms with Gasteiger partial charge in [0.15, 0.2) is 6.10 Å². The lowest BCUT2D eigenvalue weighted by atomic mass is 10.3. The van der Waals surface area contributed by atoms with E-state index in [-0.39, 0.29) is 12.3 Å². The van der Waals surface area contributed by atoms with Crippen LogP contribution in [0.5, 0.6) is 5.75 Å². The first-order valence-corrected chi connectivity index (χ1v) is 4.06. The molecule has 0 saturated heterocycles. The maximum Gasteiger partial charge on any atom is 0.186 e. The van der Waals surface area contributed by atoms with Gasteiger partial charge in [0.25, 0.3) is 0 Å². The van der Waals surface area contributed by atoms with Gasteiger partial charge in [-0.1, -0.05) is 0 Å². The molecule has 0 radical (unpaired) electrons. The van der Waals surface area contributed by atoms with E-state index in [1.807, 2.05) is 0 Å². The summed E-state index contributed by atoms with van der Waals surface area (Å²) in [7, 11) is 0. The molecule has 1 aromatic carbocycles. The minimum absolute atomic E-state index is 0.0553. The summed E-state index contributed by atoms with van der Waals surface area (Å²) in [5.41, 5.74) is 3.40. The predicted molar refractivity (Wildman–Crippen MR) is 43.6 cm³/mol. The van der Waals surface area contributed by atoms with Crippen LogP contribution < -0.4 is 15.6 Å². The van der Waals surface area contributed by atoms with E-state index in [0.29, 0.717) is 0 Å². The second-order valence-corrected chi connectivity index (χ2v) is 2.67. The fourth-order valence-electron chi connectivity index (χ4n) is 0.902. The van der Waals surface area contributed by atoms with Crippen LogP contribution in [0, 0.1) is 5.82 Å². The molecule has 0 amide bonds. The fourth-order valence-corrected chi connectivity index (χ4v) is 0.902. The molecule has 0 bridgehead atoms. The van der Waals surface area contributed by atoms with Gasteiger partial charge in [-0.3, -0.25) is 0 Å². The van der Waals surface area contributed by atoms with E-state index in [0.717, 1.165) is 0 Å². The largest absolute Gasteiger partial charge is 0.546 e. The third kappa shape index (κ3) is 2.70. The van der Waals surface area contributed by atoms with Crippen LogP contribution in [0.4, 0.5) is 4.39 Å². The van der Waals surface area contributed by atoms with Crippen molar-refractivity contribution in [2.45, 2.75) is 6.10 Å². The zero-order valence-electron chi connectivity index (χ0n) is 7.40. The smallest absolute Gasteiger partial charge is 0.186 e. The van der Waals surface area contributed by atoms with Crippen LogP contribution in [0.2, 0.25) is 0 Å². The molecule has 1 atom stereocenters. The van der Waals surface area contributed by atoms with Gasteiger partial charge >= 0.3 is 0 Å². The van der Waals surface area contributed by atoms with Crippen LogP contribution >= 0.6 is 0 Å². The Bertz CT molecular complexity index is 312. The van der Waals surface area contributed by atoms with E-state index in [2.05, 4.69) is 5.73 Å². The van der Waals surface area contributed by atoms with Crippen LogP contribution in [-0.4, -0.2) is 18.6 Å². The maximum atomic E-state index is 12.5. The van der Waals surface area contributed by atoms with E-state index in [4.69, 9.17) is 4.74 Å². The van der Waals surface area contributed by atoms with Gasteiger partial charge in [-0.05, 0) is 24.3 Å². The van der Waals surface area contributed by atoms with Crippen molar-refractivity contribution in [2.75, 3.05) is 6.54 Å². The van der Waals surface area contributed by atoms with Crippen molar-refractivity contribution in [3.8, 4) is 5.75 Å². The highest BCUT2D eigenvalue weighted by Crippen LogP contribution is 2.12. The minimum Gasteiger partial charge on any atom is -0.546 e. The maximum absolute atomic E-state index is 12.5. The summed E-state index contributed by atoms with van der Waals surface area (Å²) in [5, 5.41) is 10.5. The molecule has 0 saturated carbocycles. The topological polar surface area (TPSA) is 77.0 Å². The molecule has 76 valence electrons. The molecule has 0 aromatic heterocycles. The van der Waals surface area contributed by atoms with Crippen molar-refractivity contribution in [3.63, 3.8) is 0 Å². The SMILES string of the molecule is [NH3+]C[C@@H](Oc1ccc(F)cc1)C(=O)[O-]. The number of hydrogen-bond donors (Lipinski definition) is 1. The van der Waals surface area contributed by atoms with E-state index < -0.39 is 17.9 Å². The average molecular weight is 199 g/mol. The number of ether oxygens (including phenoxy) is 1. The summed E-state index contributed by atoms with van der Waals surface area (Å²) in [6, 6.07) is 5.07. The molecular weight excluding hydrogens is 189 g/mol. The van der Waals surface area contributed by atoms with Gasteiger partial charge < -0.3 is 20.4 Å². The third-order valence-electron chi connectivity index (χ3n) is 1.62. The Balaban J connectivity index is 2.67. The Morgan fingerprint density at radius 1 is 1.50 bits per heavy atom. The lowest BCUT2D eigenvalue weighted by molar-refractivity contribution is -0.390. The molecule has 0 heterocycles. The quantitative estimate of drug-likeness (QED) is 0.645. The van der Waals surface area contributed by atoms with Crippen LogP contribution in [0.1, 0.15) is 0 Å². The van der Waals surface area contributed by atoms with Crippen LogP contribution in [0.15, 0.2) is 24.3 Å². The van der Waals surface area contributed by atoms with Gasteiger partial charge in [-0.15, -0.1) is 0 Å². The van der Waals surface area contributed by atoms with Crippen molar-refractivity contribution in [1.82, 2.24) is 0 Å². The monoisotopic (exact) mass is 199 g/mol. The highest BCUT2D eigenvalue weighted by atomic mass is 19.1. The molecular formula is C9H10FNO3. The number of halogens is 1. The van der Waals surface area contributed by atoms with E-state index in [1.54, 1.807) is 0 Å². The minimum atomic E-state index is -1.33. The summed E-state index contributed by atoms with van der Waals surface area (Å²) in [5.74, 6) is -1.45. The summed E-state index contributed by atoms with van der Waals surface area (Å²) in [6.45, 7) is 0.0553. The number of hydrogen-bond acceptors (Lipinski definition) is 3. The number of benzene rings is 1. The van der Waals surface area contributed by atoms with Crippen LogP contribution in [0.3, 0.4) is 0 Å². The normalized spacial score (nSPS) is 12.1. The molecule has 0 spiro atoms. The molecule has 0 fully saturated rings. The van der Waals surface area contributed by atoms with Gasteiger partial charge in [0.05, 0.1) is 5.97 Å². The Hall–Kier alpha value is -1.62. The number of carboxylic acid groups (broad SMARTS) is 1. The van der Waals surface area contributed by atoms with Gasteiger partial charge in [0.1, 0.15) is 18.1 Å². The van der Waals surface area contributed by atoms with Crippen LogP contribution in [0.25, 0.3) is 0 Å². The van der Waals surface area contributed by atoms with Crippen molar-refractivity contribution in [1.29, 1.82) is 0 Å². The summed E-state index contributed by atoms with van der Waals surface area (Å²) >= 11 is 0. The summed E-state index contributed by atoms with van der Waals surface area (Å²) in [6.07, 6.45) is -1.10. The van der Waals surface area contributed by atoms with Gasteiger partial charge in [0, 0.05) is 0 Å². The molecule has 0 aliphatic heterocycles. The molecule has 3 N–H and O–H groups in total.